The van der Waals surface area contributed by atoms with Crippen molar-refractivity contribution in [2.75, 3.05) is 68.7 Å². The van der Waals surface area contributed by atoms with Gasteiger partial charge in [-0.25, -0.2) is 9.97 Å². The van der Waals surface area contributed by atoms with Gasteiger partial charge in [0.25, 0.3) is 11.8 Å². The van der Waals surface area contributed by atoms with E-state index in [-0.39, 0.29) is 24.2 Å². The first-order valence-corrected chi connectivity index (χ1v) is 21.9. The average Bonchev–Trinajstić information content (AvgIpc) is 3.51. The molecule has 0 bridgehead atoms. The van der Waals surface area contributed by atoms with Gasteiger partial charge in [-0.05, 0) is 104 Å². The van der Waals surface area contributed by atoms with Gasteiger partial charge in [-0.3, -0.25) is 39.2 Å². The average molecular weight is 856 g/mol. The van der Waals surface area contributed by atoms with Crippen LogP contribution in [-0.2, 0) is 21.6 Å². The van der Waals surface area contributed by atoms with Gasteiger partial charge >= 0.3 is 0 Å². The maximum Gasteiger partial charge on any atom is 0.262 e. The third-order valence-corrected chi connectivity index (χ3v) is 13.6. The van der Waals surface area contributed by atoms with Gasteiger partial charge in [-0.15, -0.1) is 0 Å². The zero-order valence-corrected chi connectivity index (χ0v) is 35.8. The minimum atomic E-state index is -0.965. The molecule has 4 aromatic rings. The molecule has 62 heavy (non-hydrogen) atoms. The lowest BCUT2D eigenvalue weighted by molar-refractivity contribution is -0.136. The lowest BCUT2D eigenvalue weighted by atomic mass is 9.78. The number of benzene rings is 3. The number of likely N-dealkylation sites (tertiary alicyclic amines) is 1. The number of nitrogens with zero attached hydrogens (tertiary/aromatic N) is 8. The molecule has 320 valence electrons. The Bertz CT molecular complexity index is 2430. The van der Waals surface area contributed by atoms with Crippen LogP contribution in [0.4, 0.5) is 11.6 Å². The first kappa shape index (κ1) is 41.5. The van der Waals surface area contributed by atoms with Crippen molar-refractivity contribution in [1.29, 1.82) is 5.26 Å². The number of nitriles is 1. The predicted octanol–water partition coefficient (Wildman–Crippen LogP) is 5.03. The zero-order chi connectivity index (χ0) is 43.1. The van der Waals surface area contributed by atoms with Crippen LogP contribution in [0.3, 0.4) is 0 Å². The highest BCUT2D eigenvalue weighted by Gasteiger charge is 2.45. The molecular weight excluding hydrogens is 806 g/mol. The molecule has 0 aliphatic carbocycles. The molecule has 5 aliphatic heterocycles. The molecule has 4 amide bonds. The van der Waals surface area contributed by atoms with Gasteiger partial charge in [-0.1, -0.05) is 37.6 Å². The molecule has 0 radical (unpaired) electrons. The summed E-state index contributed by atoms with van der Waals surface area (Å²) in [6.07, 6.45) is 4.39. The topological polar surface area (TPSA) is 155 Å². The Kier molecular flexibility index (Phi) is 11.4. The molecule has 1 aromatic heterocycles. The number of piperidine rings is 2. The number of hydrogen-bond acceptors (Lipinski definition) is 12. The van der Waals surface area contributed by atoms with Crippen LogP contribution >= 0.6 is 11.6 Å². The molecule has 3 aromatic carbocycles. The first-order chi connectivity index (χ1) is 29.9. The number of hydrogen-bond donors (Lipinski definition) is 1. The molecule has 0 saturated carbocycles. The second-order valence-corrected chi connectivity index (χ2v) is 18.1. The number of fused-ring (bicyclic) bond motifs is 1. The van der Waals surface area contributed by atoms with E-state index in [9.17, 15) is 24.4 Å². The van der Waals surface area contributed by atoms with E-state index in [2.05, 4.69) is 61.9 Å². The van der Waals surface area contributed by atoms with Crippen molar-refractivity contribution in [1.82, 2.24) is 30.0 Å². The molecule has 1 N–H and O–H groups in total. The van der Waals surface area contributed by atoms with E-state index in [1.165, 1.54) is 12.8 Å². The van der Waals surface area contributed by atoms with E-state index in [1.54, 1.807) is 24.4 Å². The maximum absolute atomic E-state index is 13.4. The minimum Gasteiger partial charge on any atom is -0.487 e. The Balaban J connectivity index is 0.700. The number of anilines is 2. The van der Waals surface area contributed by atoms with E-state index in [0.717, 1.165) is 98.0 Å². The number of piperazine rings is 1. The molecule has 4 fully saturated rings. The van der Waals surface area contributed by atoms with Crippen molar-refractivity contribution in [3.05, 3.63) is 111 Å². The summed E-state index contributed by atoms with van der Waals surface area (Å²) in [6, 6.07) is 22.5. The van der Waals surface area contributed by atoms with Crippen LogP contribution in [0, 0.1) is 17.2 Å². The number of carbonyl (C=O) groups is 4. The van der Waals surface area contributed by atoms with Crippen LogP contribution in [0.1, 0.15) is 82.6 Å². The van der Waals surface area contributed by atoms with Gasteiger partial charge in [0, 0.05) is 80.6 Å². The number of amides is 4. The van der Waals surface area contributed by atoms with Gasteiger partial charge in [0.15, 0.2) is 0 Å². The van der Waals surface area contributed by atoms with Crippen molar-refractivity contribution in [3.8, 4) is 11.8 Å². The van der Waals surface area contributed by atoms with Crippen LogP contribution in [0.2, 0.25) is 5.02 Å². The fourth-order valence-corrected chi connectivity index (χ4v) is 9.72. The molecule has 4 saturated heterocycles. The number of carbonyl (C=O) groups excluding carboxylic acids is 4. The Morgan fingerprint density at radius 2 is 1.58 bits per heavy atom. The fraction of sp³-hybridized carbons (Fsp3) is 0.426. The number of imide groups is 2. The summed E-state index contributed by atoms with van der Waals surface area (Å²) < 4.78 is 6.13. The van der Waals surface area contributed by atoms with Crippen LogP contribution in [0.25, 0.3) is 0 Å². The fourth-order valence-electron chi connectivity index (χ4n) is 9.48. The highest BCUT2D eigenvalue weighted by atomic mass is 35.5. The molecule has 1 unspecified atom stereocenters. The van der Waals surface area contributed by atoms with Gasteiger partial charge < -0.3 is 14.5 Å². The van der Waals surface area contributed by atoms with Crippen molar-refractivity contribution in [3.63, 3.8) is 0 Å². The lowest BCUT2D eigenvalue weighted by Crippen LogP contribution is -2.61. The summed E-state index contributed by atoms with van der Waals surface area (Å²) >= 11 is 6.30. The van der Waals surface area contributed by atoms with Crippen LogP contribution in [-0.4, -0.2) is 119 Å². The van der Waals surface area contributed by atoms with Crippen LogP contribution in [0.15, 0.2) is 72.9 Å². The Morgan fingerprint density at radius 3 is 2.31 bits per heavy atom. The highest BCUT2D eigenvalue weighted by Crippen LogP contribution is 2.35. The van der Waals surface area contributed by atoms with Crippen LogP contribution in [0.5, 0.6) is 5.75 Å². The first-order valence-electron chi connectivity index (χ1n) is 21.5. The van der Waals surface area contributed by atoms with Crippen molar-refractivity contribution >= 4 is 46.9 Å². The standard InChI is InChI=1S/C47H50ClN9O5/c1-47(2,33-21-31(25-49)22-34(48)23-33)32-3-6-38(7-4-32)62-29-35-11-14-50-46(51-35)56-27-37(28-56)54-15-12-30(13-16-54)26-53-17-19-55(20-18-53)36-5-8-39-40(24-36)45(61)57(44(39)60)41-9-10-42(58)52-43(41)59/h3-8,11,14,21-24,30,37,41H,9-10,12-13,15-20,26-29H2,1-2H3,(H,52,58,59). The Labute approximate surface area is 366 Å². The summed E-state index contributed by atoms with van der Waals surface area (Å²) in [6.45, 7) is 13.2. The van der Waals surface area contributed by atoms with E-state index in [1.807, 2.05) is 36.4 Å². The number of rotatable bonds is 11. The Morgan fingerprint density at radius 1 is 0.839 bits per heavy atom. The molecule has 14 nitrogen and oxygen atoms in total. The maximum atomic E-state index is 13.4. The van der Waals surface area contributed by atoms with Crippen molar-refractivity contribution < 1.29 is 23.9 Å². The van der Waals surface area contributed by atoms with Crippen molar-refractivity contribution in [2.45, 2.75) is 63.6 Å². The third-order valence-electron chi connectivity index (χ3n) is 13.4. The summed E-state index contributed by atoms with van der Waals surface area (Å²) in [5.74, 6) is 0.200. The second-order valence-electron chi connectivity index (χ2n) is 17.6. The number of halogens is 1. The normalized spacial score (nSPS) is 20.5. The van der Waals surface area contributed by atoms with E-state index >= 15 is 0 Å². The monoisotopic (exact) mass is 855 g/mol. The molecule has 9 rings (SSSR count). The van der Waals surface area contributed by atoms with Crippen LogP contribution < -0.4 is 19.9 Å². The summed E-state index contributed by atoms with van der Waals surface area (Å²) in [4.78, 5) is 70.7. The Hall–Kier alpha value is -5.88. The lowest BCUT2D eigenvalue weighted by Gasteiger charge is -2.48. The number of ether oxygens (including phenoxy) is 1. The largest absolute Gasteiger partial charge is 0.487 e. The molecular formula is C47H50ClN9O5. The smallest absolute Gasteiger partial charge is 0.262 e. The number of nitrogens with one attached hydrogen (secondary N) is 1. The summed E-state index contributed by atoms with van der Waals surface area (Å²) in [5, 5.41) is 12.2. The second kappa shape index (κ2) is 17.1. The number of aromatic nitrogens is 2. The molecule has 0 spiro atoms. The van der Waals surface area contributed by atoms with E-state index in [0.29, 0.717) is 40.3 Å². The zero-order valence-electron chi connectivity index (χ0n) is 35.1. The highest BCUT2D eigenvalue weighted by molar-refractivity contribution is 6.30. The molecule has 1 atom stereocenters. The van der Waals surface area contributed by atoms with Gasteiger partial charge in [-0.2, -0.15) is 5.26 Å². The third kappa shape index (κ3) is 8.36. The molecule has 15 heteroatoms. The van der Waals surface area contributed by atoms with E-state index < -0.39 is 23.8 Å². The van der Waals surface area contributed by atoms with Crippen molar-refractivity contribution in [2.24, 2.45) is 5.92 Å². The summed E-state index contributed by atoms with van der Waals surface area (Å²) in [7, 11) is 0. The summed E-state index contributed by atoms with van der Waals surface area (Å²) in [5.41, 5.74) is 4.61. The predicted molar refractivity (Wildman–Crippen MR) is 233 cm³/mol. The van der Waals surface area contributed by atoms with E-state index in [4.69, 9.17) is 21.3 Å². The van der Waals surface area contributed by atoms with Gasteiger partial charge in [0.05, 0.1) is 28.5 Å². The van der Waals surface area contributed by atoms with Gasteiger partial charge in [0.2, 0.25) is 17.8 Å². The molecule has 5 aliphatic rings. The van der Waals surface area contributed by atoms with Gasteiger partial charge in [0.1, 0.15) is 18.4 Å². The minimum absolute atomic E-state index is 0.0983. The SMILES string of the molecule is CC(C)(c1ccc(OCc2ccnc(N3CC(N4CCC(CN5CCN(c6ccc7c(c6)C(=O)N(C6CCC(=O)NC6=O)C7=O)CC5)CC4)C3)n2)cc1)c1cc(Cl)cc(C#N)c1. The quantitative estimate of drug-likeness (QED) is 0.201. The molecule has 6 heterocycles.